The molecule has 29 heavy (non-hydrogen) atoms. The number of ether oxygens (including phenoxy) is 1. The van der Waals surface area contributed by atoms with Crippen molar-refractivity contribution in [2.24, 2.45) is 5.41 Å². The van der Waals surface area contributed by atoms with Crippen LogP contribution in [0.1, 0.15) is 43.4 Å². The molecule has 0 spiro atoms. The van der Waals surface area contributed by atoms with Gasteiger partial charge < -0.3 is 4.74 Å². The Morgan fingerprint density at radius 1 is 1.10 bits per heavy atom. The van der Waals surface area contributed by atoms with E-state index >= 15 is 0 Å². The van der Waals surface area contributed by atoms with Gasteiger partial charge in [-0.2, -0.15) is 0 Å². The Bertz CT molecular complexity index is 1040. The third kappa shape index (κ3) is 3.21. The number of carbonyl (C=O) groups is 2. The summed E-state index contributed by atoms with van der Waals surface area (Å²) in [6.45, 7) is 9.17. The molecule has 0 saturated heterocycles. The molecule has 7 heteroatoms. The molecule has 2 aliphatic rings. The fourth-order valence-corrected chi connectivity index (χ4v) is 6.71. The first-order chi connectivity index (χ1) is 13.5. The van der Waals surface area contributed by atoms with Crippen LogP contribution in [0.25, 0.3) is 0 Å². The summed E-state index contributed by atoms with van der Waals surface area (Å²) in [5.74, 6) is -1.17. The Hall–Kier alpha value is -2.41. The van der Waals surface area contributed by atoms with E-state index in [-0.39, 0.29) is 4.90 Å². The van der Waals surface area contributed by atoms with E-state index in [4.69, 9.17) is 4.74 Å². The van der Waals surface area contributed by atoms with E-state index in [0.29, 0.717) is 24.0 Å². The van der Waals surface area contributed by atoms with Crippen LogP contribution < -0.4 is 0 Å². The predicted octanol–water partition coefficient (Wildman–Crippen LogP) is 3.36. The van der Waals surface area contributed by atoms with E-state index in [1.807, 2.05) is 20.8 Å². The van der Waals surface area contributed by atoms with Crippen LogP contribution in [0.15, 0.2) is 40.3 Å². The van der Waals surface area contributed by atoms with Crippen molar-refractivity contribution in [3.63, 3.8) is 0 Å². The fourth-order valence-electron chi connectivity index (χ4n) is 4.69. The number of benzene rings is 1. The second-order valence-electron chi connectivity index (χ2n) is 8.19. The molecule has 0 N–H and O–H groups in total. The van der Waals surface area contributed by atoms with Crippen LogP contribution in [0, 0.1) is 26.2 Å². The van der Waals surface area contributed by atoms with Gasteiger partial charge in [-0.25, -0.2) is 12.7 Å². The number of esters is 1. The molecule has 0 saturated carbocycles. The quantitative estimate of drug-likeness (QED) is 0.556. The maximum absolute atomic E-state index is 13.7. The van der Waals surface area contributed by atoms with E-state index in [2.05, 4.69) is 0 Å². The van der Waals surface area contributed by atoms with Gasteiger partial charge in [0.15, 0.2) is 0 Å². The predicted molar refractivity (Wildman–Crippen MR) is 110 cm³/mol. The zero-order chi connectivity index (χ0) is 21.7. The van der Waals surface area contributed by atoms with Gasteiger partial charge in [-0.3, -0.25) is 9.59 Å². The number of methoxy groups -OCH3 is 1. The van der Waals surface area contributed by atoms with Gasteiger partial charge in [0.25, 0.3) is 15.9 Å². The van der Waals surface area contributed by atoms with E-state index < -0.39 is 33.4 Å². The number of aryl methyl sites for hydroxylation is 3. The highest BCUT2D eigenvalue weighted by Crippen LogP contribution is 2.48. The van der Waals surface area contributed by atoms with E-state index in [0.717, 1.165) is 21.0 Å². The smallest absolute Gasteiger partial charge is 0.318 e. The molecule has 6 nitrogen and oxygen atoms in total. The third-order valence-electron chi connectivity index (χ3n) is 6.09. The summed E-state index contributed by atoms with van der Waals surface area (Å²) in [6, 6.07) is 2.71. The molecule has 1 aliphatic heterocycles. The Kier molecular flexibility index (Phi) is 5.24. The number of allylic oxidation sites excluding steroid dienone is 1. The van der Waals surface area contributed by atoms with Gasteiger partial charge in [-0.05, 0) is 58.6 Å². The standard InChI is InChI=1S/C22H27NO5S/c1-13-9-15(3)20(16(4)10-13)29(26,27)23-18-11-14(2)17(5)12-22(18,21(25)28-6)8-7-19(23)24/h7-10,18H,11-12H2,1-6H3/t18-,22-/m0/s1. The summed E-state index contributed by atoms with van der Waals surface area (Å²) >= 11 is 0. The zero-order valence-corrected chi connectivity index (χ0v) is 18.5. The number of amides is 1. The van der Waals surface area contributed by atoms with Crippen molar-refractivity contribution < 1.29 is 22.7 Å². The largest absolute Gasteiger partial charge is 0.468 e. The van der Waals surface area contributed by atoms with Crippen molar-refractivity contribution in [1.82, 2.24) is 4.31 Å². The normalized spacial score (nSPS) is 24.6. The summed E-state index contributed by atoms with van der Waals surface area (Å²) in [6.07, 6.45) is 3.33. The van der Waals surface area contributed by atoms with Crippen molar-refractivity contribution in [3.8, 4) is 0 Å². The van der Waals surface area contributed by atoms with Crippen molar-refractivity contribution >= 4 is 21.9 Å². The molecule has 1 amide bonds. The average Bonchev–Trinajstić information content (AvgIpc) is 2.61. The lowest BCUT2D eigenvalue weighted by Crippen LogP contribution is -2.59. The number of carbonyl (C=O) groups excluding carboxylic acids is 2. The molecule has 0 bridgehead atoms. The van der Waals surface area contributed by atoms with Crippen LogP contribution in [0.2, 0.25) is 0 Å². The Morgan fingerprint density at radius 2 is 1.69 bits per heavy atom. The molecular weight excluding hydrogens is 390 g/mol. The van der Waals surface area contributed by atoms with Gasteiger partial charge in [0.1, 0.15) is 5.41 Å². The SMILES string of the molecule is COC(=O)[C@]12C=CC(=O)N(S(=O)(=O)c3c(C)cc(C)cc3C)[C@H]1CC(C)=C(C)C2. The molecule has 156 valence electrons. The van der Waals surface area contributed by atoms with E-state index in [9.17, 15) is 18.0 Å². The third-order valence-corrected chi connectivity index (χ3v) is 8.20. The monoisotopic (exact) mass is 417 g/mol. The lowest BCUT2D eigenvalue weighted by atomic mass is 9.67. The van der Waals surface area contributed by atoms with Crippen LogP contribution in [0.4, 0.5) is 0 Å². The van der Waals surface area contributed by atoms with E-state index in [1.165, 1.54) is 19.3 Å². The van der Waals surface area contributed by atoms with Crippen molar-refractivity contribution in [1.29, 1.82) is 0 Å². The molecule has 3 rings (SSSR count). The highest BCUT2D eigenvalue weighted by molar-refractivity contribution is 7.89. The zero-order valence-electron chi connectivity index (χ0n) is 17.7. The van der Waals surface area contributed by atoms with Crippen LogP contribution in [-0.2, 0) is 24.3 Å². The molecule has 1 aromatic carbocycles. The van der Waals surface area contributed by atoms with Crippen LogP contribution in [0.3, 0.4) is 0 Å². The summed E-state index contributed by atoms with van der Waals surface area (Å²) in [5, 5.41) is 0. The molecule has 1 heterocycles. The van der Waals surface area contributed by atoms with Crippen LogP contribution in [0.5, 0.6) is 0 Å². The maximum Gasteiger partial charge on any atom is 0.318 e. The molecule has 0 unspecified atom stereocenters. The number of rotatable bonds is 3. The van der Waals surface area contributed by atoms with Gasteiger partial charge in [-0.15, -0.1) is 0 Å². The first-order valence-corrected chi connectivity index (χ1v) is 11.0. The Morgan fingerprint density at radius 3 is 2.24 bits per heavy atom. The Balaban J connectivity index is 2.25. The summed E-state index contributed by atoms with van der Waals surface area (Å²) in [7, 11) is -2.89. The molecular formula is C22H27NO5S. The van der Waals surface area contributed by atoms with Gasteiger partial charge in [0, 0.05) is 6.08 Å². The van der Waals surface area contributed by atoms with Crippen LogP contribution in [-0.4, -0.2) is 37.8 Å². The van der Waals surface area contributed by atoms with Gasteiger partial charge in [-0.1, -0.05) is 34.9 Å². The second kappa shape index (κ2) is 7.13. The van der Waals surface area contributed by atoms with Gasteiger partial charge in [0.05, 0.1) is 18.0 Å². The lowest BCUT2D eigenvalue weighted by Gasteiger charge is -2.47. The minimum atomic E-state index is -4.18. The topological polar surface area (TPSA) is 80.8 Å². The molecule has 0 radical (unpaired) electrons. The van der Waals surface area contributed by atoms with Crippen LogP contribution >= 0.6 is 0 Å². The molecule has 2 atom stereocenters. The first kappa shape index (κ1) is 21.3. The summed E-state index contributed by atoms with van der Waals surface area (Å²) in [4.78, 5) is 25.9. The number of hydrogen-bond donors (Lipinski definition) is 0. The highest BCUT2D eigenvalue weighted by atomic mass is 32.2. The second-order valence-corrected chi connectivity index (χ2v) is 9.94. The molecule has 1 aromatic rings. The fraction of sp³-hybridized carbons (Fsp3) is 0.455. The summed E-state index contributed by atoms with van der Waals surface area (Å²) in [5.41, 5.74) is 2.87. The van der Waals surface area contributed by atoms with E-state index in [1.54, 1.807) is 26.0 Å². The molecule has 0 fully saturated rings. The molecule has 1 aliphatic carbocycles. The number of sulfonamides is 1. The van der Waals surface area contributed by atoms with Crippen molar-refractivity contribution in [2.45, 2.75) is 58.4 Å². The average molecular weight is 418 g/mol. The highest BCUT2D eigenvalue weighted by Gasteiger charge is 2.56. The number of nitrogens with zero attached hydrogens (tertiary/aromatic N) is 1. The first-order valence-electron chi connectivity index (χ1n) is 9.55. The van der Waals surface area contributed by atoms with Gasteiger partial charge in [0.2, 0.25) is 0 Å². The summed E-state index contributed by atoms with van der Waals surface area (Å²) < 4.78 is 33.5. The molecule has 0 aromatic heterocycles. The van der Waals surface area contributed by atoms with Crippen molar-refractivity contribution in [3.05, 3.63) is 52.1 Å². The van der Waals surface area contributed by atoms with Crippen molar-refractivity contribution in [2.75, 3.05) is 7.11 Å². The number of fused-ring (bicyclic) bond motifs is 1. The Labute approximate surface area is 172 Å². The van der Waals surface area contributed by atoms with Gasteiger partial charge >= 0.3 is 5.97 Å². The minimum Gasteiger partial charge on any atom is -0.468 e. The lowest BCUT2D eigenvalue weighted by molar-refractivity contribution is -0.154. The maximum atomic E-state index is 13.7. The minimum absolute atomic E-state index is 0.120. The number of hydrogen-bond acceptors (Lipinski definition) is 5.